The molecule has 1 aromatic rings. The molecule has 3 nitrogen and oxygen atoms in total. The van der Waals surface area contributed by atoms with Crippen molar-refractivity contribution in [3.05, 3.63) is 33.9 Å². The number of aryl methyl sites for hydroxylation is 1. The first-order valence-electron chi connectivity index (χ1n) is 5.13. The summed E-state index contributed by atoms with van der Waals surface area (Å²) in [5, 5.41) is 0. The molecule has 0 saturated carbocycles. The zero-order chi connectivity index (χ0) is 11.6. The number of rotatable bonds is 2. The van der Waals surface area contributed by atoms with E-state index in [-0.39, 0.29) is 12.1 Å². The molecule has 0 aliphatic heterocycles. The molecule has 0 unspecified atom stereocenters. The molecule has 0 aliphatic carbocycles. The van der Waals surface area contributed by atoms with Crippen LogP contribution < -0.4 is 6.15 Å². The number of benzene rings is 1. The Kier molecular flexibility index (Phi) is 5.18. The predicted molar refractivity (Wildman–Crippen MR) is 65.9 cm³/mol. The lowest BCUT2D eigenvalue weighted by Crippen LogP contribution is -2.03. The average molecular weight is 223 g/mol. The predicted octanol–water partition coefficient (Wildman–Crippen LogP) is 3.15. The summed E-state index contributed by atoms with van der Waals surface area (Å²) >= 11 is 0. The highest BCUT2D eigenvalue weighted by molar-refractivity contribution is 5.66. The number of carbonyl (C=O) groups excluding carboxylic acids is 1. The second-order valence-corrected chi connectivity index (χ2v) is 4.01. The van der Waals surface area contributed by atoms with Crippen molar-refractivity contribution >= 4 is 5.97 Å². The first-order chi connectivity index (χ1) is 6.93. The summed E-state index contributed by atoms with van der Waals surface area (Å²) in [4.78, 5) is 10.7. The van der Waals surface area contributed by atoms with Crippen LogP contribution in [0.3, 0.4) is 0 Å². The monoisotopic (exact) mass is 223 g/mol. The molecule has 3 N–H and O–H groups in total. The van der Waals surface area contributed by atoms with Crippen LogP contribution >= 0.6 is 0 Å². The van der Waals surface area contributed by atoms with Gasteiger partial charge in [-0.2, -0.15) is 0 Å². The third kappa shape index (κ3) is 3.07. The first-order valence-corrected chi connectivity index (χ1v) is 5.13. The van der Waals surface area contributed by atoms with Crippen LogP contribution in [0.4, 0.5) is 0 Å². The number of carbonyl (C=O) groups is 1. The minimum absolute atomic E-state index is 0. The van der Waals surface area contributed by atoms with Crippen LogP contribution in [0.15, 0.2) is 6.07 Å². The van der Waals surface area contributed by atoms with Crippen LogP contribution in [0.5, 0.6) is 0 Å². The van der Waals surface area contributed by atoms with E-state index in [2.05, 4.69) is 33.8 Å². The zero-order valence-corrected chi connectivity index (χ0v) is 10.8. The Labute approximate surface area is 97.4 Å². The Morgan fingerprint density at radius 2 is 1.69 bits per heavy atom. The molecule has 0 aromatic heterocycles. The van der Waals surface area contributed by atoms with Crippen LogP contribution in [0.2, 0.25) is 0 Å². The smallest absolute Gasteiger partial charge is 0.302 e. The fraction of sp³-hybridized carbons (Fsp3) is 0.462. The van der Waals surface area contributed by atoms with Crippen molar-refractivity contribution < 1.29 is 9.53 Å². The van der Waals surface area contributed by atoms with E-state index in [9.17, 15) is 4.79 Å². The van der Waals surface area contributed by atoms with E-state index >= 15 is 0 Å². The minimum atomic E-state index is -0.231. The van der Waals surface area contributed by atoms with Gasteiger partial charge in [-0.3, -0.25) is 4.79 Å². The van der Waals surface area contributed by atoms with Crippen LogP contribution in [0, 0.1) is 27.7 Å². The summed E-state index contributed by atoms with van der Waals surface area (Å²) in [6.07, 6.45) is 0. The fourth-order valence-electron chi connectivity index (χ4n) is 1.62. The molecule has 0 saturated heterocycles. The third-order valence-electron chi connectivity index (χ3n) is 3.02. The Bertz CT molecular complexity index is 397. The molecule has 0 fully saturated rings. The standard InChI is InChI=1S/C13H18O2.H3N/c1-8-6-13(7-15-12(5)14)11(4)10(3)9(8)2;/h6H,7H2,1-5H3;1H3. The lowest BCUT2D eigenvalue weighted by molar-refractivity contribution is -0.142. The highest BCUT2D eigenvalue weighted by atomic mass is 16.5. The van der Waals surface area contributed by atoms with Crippen molar-refractivity contribution in [2.75, 3.05) is 0 Å². The van der Waals surface area contributed by atoms with Crippen molar-refractivity contribution in [3.63, 3.8) is 0 Å². The molecule has 1 aromatic carbocycles. The summed E-state index contributed by atoms with van der Waals surface area (Å²) in [6.45, 7) is 10.2. The number of hydrogen-bond donors (Lipinski definition) is 1. The molecule has 3 heteroatoms. The molecule has 0 bridgehead atoms. The van der Waals surface area contributed by atoms with Gasteiger partial charge in [0, 0.05) is 6.92 Å². The van der Waals surface area contributed by atoms with Gasteiger partial charge in [-0.05, 0) is 55.5 Å². The van der Waals surface area contributed by atoms with Crippen molar-refractivity contribution in [1.29, 1.82) is 0 Å². The second-order valence-electron chi connectivity index (χ2n) is 4.01. The Morgan fingerprint density at radius 3 is 2.19 bits per heavy atom. The molecular formula is C13H21NO2. The maximum atomic E-state index is 10.7. The fourth-order valence-corrected chi connectivity index (χ4v) is 1.62. The summed E-state index contributed by atoms with van der Waals surface area (Å²) < 4.78 is 5.02. The van der Waals surface area contributed by atoms with Crippen molar-refractivity contribution in [2.24, 2.45) is 0 Å². The molecule has 0 atom stereocenters. The average Bonchev–Trinajstić information content (AvgIpc) is 2.18. The largest absolute Gasteiger partial charge is 0.461 e. The maximum Gasteiger partial charge on any atom is 0.302 e. The lowest BCUT2D eigenvalue weighted by Gasteiger charge is -2.13. The van der Waals surface area contributed by atoms with Gasteiger partial charge in [0.1, 0.15) is 6.61 Å². The minimum Gasteiger partial charge on any atom is -0.461 e. The number of esters is 1. The van der Waals surface area contributed by atoms with E-state index in [0.717, 1.165) is 5.56 Å². The third-order valence-corrected chi connectivity index (χ3v) is 3.02. The van der Waals surface area contributed by atoms with Gasteiger partial charge in [-0.1, -0.05) is 6.07 Å². The summed E-state index contributed by atoms with van der Waals surface area (Å²) in [7, 11) is 0. The molecule has 90 valence electrons. The Hall–Kier alpha value is -1.35. The van der Waals surface area contributed by atoms with Gasteiger partial charge in [0.2, 0.25) is 0 Å². The number of ether oxygens (including phenoxy) is 1. The molecular weight excluding hydrogens is 202 g/mol. The molecule has 0 amide bonds. The quantitative estimate of drug-likeness (QED) is 0.783. The van der Waals surface area contributed by atoms with Gasteiger partial charge in [-0.15, -0.1) is 0 Å². The summed E-state index contributed by atoms with van der Waals surface area (Å²) in [6, 6.07) is 2.10. The van der Waals surface area contributed by atoms with Crippen molar-refractivity contribution in [1.82, 2.24) is 6.15 Å². The van der Waals surface area contributed by atoms with E-state index in [1.54, 1.807) is 0 Å². The zero-order valence-electron chi connectivity index (χ0n) is 10.8. The highest BCUT2D eigenvalue weighted by Crippen LogP contribution is 2.21. The van der Waals surface area contributed by atoms with E-state index in [1.165, 1.54) is 29.2 Å². The van der Waals surface area contributed by atoms with Crippen molar-refractivity contribution in [3.8, 4) is 0 Å². The topological polar surface area (TPSA) is 61.3 Å². The lowest BCUT2D eigenvalue weighted by atomic mass is 9.95. The van der Waals surface area contributed by atoms with E-state index in [1.807, 2.05) is 0 Å². The van der Waals surface area contributed by atoms with Crippen molar-refractivity contribution in [2.45, 2.75) is 41.2 Å². The van der Waals surface area contributed by atoms with Crippen LogP contribution in [-0.4, -0.2) is 5.97 Å². The van der Waals surface area contributed by atoms with Crippen LogP contribution in [0.25, 0.3) is 0 Å². The molecule has 16 heavy (non-hydrogen) atoms. The van der Waals surface area contributed by atoms with Crippen LogP contribution in [-0.2, 0) is 16.1 Å². The summed E-state index contributed by atoms with van der Waals surface area (Å²) in [5.41, 5.74) is 6.18. The molecule has 0 spiro atoms. The first kappa shape index (κ1) is 14.6. The normalized spacial score (nSPS) is 9.56. The SMILES string of the molecule is CC(=O)OCc1cc(C)c(C)c(C)c1C.N. The Morgan fingerprint density at radius 1 is 1.12 bits per heavy atom. The Balaban J connectivity index is 0.00000225. The van der Waals surface area contributed by atoms with E-state index in [4.69, 9.17) is 4.74 Å². The van der Waals surface area contributed by atoms with Gasteiger partial charge in [-0.25, -0.2) is 0 Å². The maximum absolute atomic E-state index is 10.7. The molecule has 0 radical (unpaired) electrons. The van der Waals surface area contributed by atoms with Gasteiger partial charge < -0.3 is 10.9 Å². The highest BCUT2D eigenvalue weighted by Gasteiger charge is 2.07. The van der Waals surface area contributed by atoms with Crippen LogP contribution in [0.1, 0.15) is 34.7 Å². The van der Waals surface area contributed by atoms with Gasteiger partial charge in [0.05, 0.1) is 0 Å². The second kappa shape index (κ2) is 5.66. The van der Waals surface area contributed by atoms with Gasteiger partial charge in [0.25, 0.3) is 0 Å². The molecule has 1 rings (SSSR count). The molecule has 0 heterocycles. The van der Waals surface area contributed by atoms with Gasteiger partial charge in [0.15, 0.2) is 0 Å². The molecule has 0 aliphatic rings. The number of hydrogen-bond acceptors (Lipinski definition) is 3. The summed E-state index contributed by atoms with van der Waals surface area (Å²) in [5.74, 6) is -0.231. The van der Waals surface area contributed by atoms with E-state index < -0.39 is 0 Å². The van der Waals surface area contributed by atoms with E-state index in [0.29, 0.717) is 6.61 Å². The van der Waals surface area contributed by atoms with Gasteiger partial charge >= 0.3 is 5.97 Å².